The number of aliphatic hydroxyl groups excluding tert-OH is 1. The van der Waals surface area contributed by atoms with E-state index >= 15 is 0 Å². The molecule has 3 rings (SSSR count). The maximum Gasteiger partial charge on any atom is 0.324 e. The van der Waals surface area contributed by atoms with Crippen LogP contribution in [0.3, 0.4) is 0 Å². The summed E-state index contributed by atoms with van der Waals surface area (Å²) in [6.45, 7) is 1.42. The van der Waals surface area contributed by atoms with Gasteiger partial charge in [0.2, 0.25) is 5.82 Å². The van der Waals surface area contributed by atoms with Crippen LogP contribution in [0, 0.1) is 0 Å². The highest BCUT2D eigenvalue weighted by Gasteiger charge is 2.22. The number of aliphatic hydroxyl groups is 1. The fraction of sp³-hybridized carbons (Fsp3) is 0.385. The fourth-order valence-corrected chi connectivity index (χ4v) is 2.18. The maximum atomic E-state index is 9.63. The molecule has 94 valence electrons. The number of piperidine rings is 1. The molecule has 2 aromatic rings. The van der Waals surface area contributed by atoms with Gasteiger partial charge in [-0.1, -0.05) is 35.5 Å². The van der Waals surface area contributed by atoms with Gasteiger partial charge in [-0.25, -0.2) is 0 Å². The summed E-state index contributed by atoms with van der Waals surface area (Å²) >= 11 is 0. The smallest absolute Gasteiger partial charge is 0.324 e. The molecule has 1 N–H and O–H groups in total. The van der Waals surface area contributed by atoms with E-state index in [0.717, 1.165) is 24.9 Å². The SMILES string of the molecule is OC1CCCN(c2nc(-c3ccccc3)no2)C1. The van der Waals surface area contributed by atoms with E-state index in [-0.39, 0.29) is 6.10 Å². The van der Waals surface area contributed by atoms with Crippen molar-refractivity contribution in [1.29, 1.82) is 0 Å². The van der Waals surface area contributed by atoms with E-state index in [1.807, 2.05) is 35.2 Å². The van der Waals surface area contributed by atoms with Crippen LogP contribution in [0.5, 0.6) is 0 Å². The van der Waals surface area contributed by atoms with E-state index in [4.69, 9.17) is 4.52 Å². The third-order valence-electron chi connectivity index (χ3n) is 3.11. The van der Waals surface area contributed by atoms with Crippen molar-refractivity contribution in [1.82, 2.24) is 10.1 Å². The maximum absolute atomic E-state index is 9.63. The molecule has 1 atom stereocenters. The molecule has 1 aromatic heterocycles. The fourth-order valence-electron chi connectivity index (χ4n) is 2.18. The molecular weight excluding hydrogens is 230 g/mol. The predicted molar refractivity (Wildman–Crippen MR) is 67.2 cm³/mol. The van der Waals surface area contributed by atoms with Gasteiger partial charge < -0.3 is 14.5 Å². The molecule has 5 heteroatoms. The Labute approximate surface area is 105 Å². The first-order chi connectivity index (χ1) is 8.83. The number of aromatic nitrogens is 2. The van der Waals surface area contributed by atoms with E-state index in [0.29, 0.717) is 18.4 Å². The van der Waals surface area contributed by atoms with Crippen molar-refractivity contribution < 1.29 is 9.63 Å². The Bertz CT molecular complexity index is 512. The van der Waals surface area contributed by atoms with Crippen molar-refractivity contribution in [3.8, 4) is 11.4 Å². The molecule has 1 aliphatic rings. The van der Waals surface area contributed by atoms with Crippen molar-refractivity contribution in [3.05, 3.63) is 30.3 Å². The summed E-state index contributed by atoms with van der Waals surface area (Å²) in [6, 6.07) is 10.2. The van der Waals surface area contributed by atoms with Crippen LogP contribution < -0.4 is 4.90 Å². The molecule has 0 radical (unpaired) electrons. The quantitative estimate of drug-likeness (QED) is 0.872. The van der Waals surface area contributed by atoms with Gasteiger partial charge >= 0.3 is 6.01 Å². The molecular formula is C13H15N3O2. The third kappa shape index (κ3) is 2.22. The lowest BCUT2D eigenvalue weighted by atomic mass is 10.1. The largest absolute Gasteiger partial charge is 0.391 e. The van der Waals surface area contributed by atoms with Crippen LogP contribution in [0.4, 0.5) is 6.01 Å². The molecule has 0 bridgehead atoms. The highest BCUT2D eigenvalue weighted by atomic mass is 16.5. The Hall–Kier alpha value is -1.88. The third-order valence-corrected chi connectivity index (χ3v) is 3.11. The Morgan fingerprint density at radius 1 is 1.28 bits per heavy atom. The summed E-state index contributed by atoms with van der Waals surface area (Å²) in [5.74, 6) is 0.589. The van der Waals surface area contributed by atoms with Crippen molar-refractivity contribution in [2.75, 3.05) is 18.0 Å². The Morgan fingerprint density at radius 3 is 2.89 bits per heavy atom. The zero-order valence-electron chi connectivity index (χ0n) is 9.99. The summed E-state index contributed by atoms with van der Waals surface area (Å²) in [6.07, 6.45) is 1.49. The molecule has 1 saturated heterocycles. The minimum Gasteiger partial charge on any atom is -0.391 e. The van der Waals surface area contributed by atoms with Gasteiger partial charge in [0.1, 0.15) is 0 Å². The van der Waals surface area contributed by atoms with Crippen molar-refractivity contribution >= 4 is 6.01 Å². The van der Waals surface area contributed by atoms with Crippen LogP contribution in [0.2, 0.25) is 0 Å². The van der Waals surface area contributed by atoms with Crippen LogP contribution >= 0.6 is 0 Å². The first kappa shape index (κ1) is 11.2. The van der Waals surface area contributed by atoms with E-state index < -0.39 is 0 Å². The minimum atomic E-state index is -0.300. The minimum absolute atomic E-state index is 0.300. The Morgan fingerprint density at radius 2 is 2.11 bits per heavy atom. The first-order valence-corrected chi connectivity index (χ1v) is 6.15. The molecule has 0 amide bonds. The summed E-state index contributed by atoms with van der Waals surface area (Å²) < 4.78 is 5.26. The zero-order chi connectivity index (χ0) is 12.4. The van der Waals surface area contributed by atoms with Crippen molar-refractivity contribution in [2.24, 2.45) is 0 Å². The summed E-state index contributed by atoms with van der Waals surface area (Å²) in [5.41, 5.74) is 0.935. The summed E-state index contributed by atoms with van der Waals surface area (Å²) in [5, 5.41) is 13.6. The average Bonchev–Trinajstić information content (AvgIpc) is 2.89. The van der Waals surface area contributed by atoms with Gasteiger partial charge in [-0.15, -0.1) is 0 Å². The number of nitrogens with zero attached hydrogens (tertiary/aromatic N) is 3. The molecule has 1 fully saturated rings. The van der Waals surface area contributed by atoms with Gasteiger partial charge in [0.05, 0.1) is 6.10 Å². The van der Waals surface area contributed by atoms with Crippen LogP contribution in [-0.4, -0.2) is 34.4 Å². The second kappa shape index (κ2) is 4.78. The molecule has 2 heterocycles. The van der Waals surface area contributed by atoms with Gasteiger partial charge in [-0.2, -0.15) is 4.98 Å². The Balaban J connectivity index is 1.81. The van der Waals surface area contributed by atoms with Gasteiger partial charge in [0, 0.05) is 18.7 Å². The average molecular weight is 245 g/mol. The van der Waals surface area contributed by atoms with E-state index in [1.54, 1.807) is 0 Å². The number of anilines is 1. The van der Waals surface area contributed by atoms with Gasteiger partial charge in [-0.05, 0) is 12.8 Å². The van der Waals surface area contributed by atoms with Crippen molar-refractivity contribution in [2.45, 2.75) is 18.9 Å². The Kier molecular flexibility index (Phi) is 2.98. The molecule has 0 spiro atoms. The molecule has 18 heavy (non-hydrogen) atoms. The number of hydrogen-bond donors (Lipinski definition) is 1. The normalized spacial score (nSPS) is 20.1. The van der Waals surface area contributed by atoms with Crippen LogP contribution in [0.1, 0.15) is 12.8 Å². The standard InChI is InChI=1S/C13H15N3O2/c17-11-7-4-8-16(9-11)13-14-12(15-18-13)10-5-2-1-3-6-10/h1-3,5-6,11,17H,4,7-9H2. The van der Waals surface area contributed by atoms with E-state index in [2.05, 4.69) is 10.1 Å². The van der Waals surface area contributed by atoms with Crippen LogP contribution in [0.25, 0.3) is 11.4 Å². The second-order valence-electron chi connectivity index (χ2n) is 4.51. The summed E-state index contributed by atoms with van der Waals surface area (Å²) in [4.78, 5) is 6.31. The number of benzene rings is 1. The lowest BCUT2D eigenvalue weighted by Crippen LogP contribution is -2.38. The zero-order valence-corrected chi connectivity index (χ0v) is 9.99. The van der Waals surface area contributed by atoms with Crippen LogP contribution in [0.15, 0.2) is 34.9 Å². The van der Waals surface area contributed by atoms with Gasteiger partial charge in [0.15, 0.2) is 0 Å². The number of rotatable bonds is 2. The predicted octanol–water partition coefficient (Wildman–Crippen LogP) is 1.70. The molecule has 0 aliphatic carbocycles. The number of β-amino-alcohol motifs (C(OH)–C–C–N with tert-alkyl or cyclic N) is 1. The second-order valence-corrected chi connectivity index (χ2v) is 4.51. The number of hydrogen-bond acceptors (Lipinski definition) is 5. The monoisotopic (exact) mass is 245 g/mol. The van der Waals surface area contributed by atoms with Gasteiger partial charge in [0.25, 0.3) is 0 Å². The van der Waals surface area contributed by atoms with Crippen LogP contribution in [-0.2, 0) is 0 Å². The summed E-state index contributed by atoms with van der Waals surface area (Å²) in [7, 11) is 0. The lowest BCUT2D eigenvalue weighted by Gasteiger charge is -2.27. The molecule has 1 aliphatic heterocycles. The lowest BCUT2D eigenvalue weighted by molar-refractivity contribution is 0.151. The molecule has 5 nitrogen and oxygen atoms in total. The van der Waals surface area contributed by atoms with Gasteiger partial charge in [-0.3, -0.25) is 0 Å². The topological polar surface area (TPSA) is 62.4 Å². The van der Waals surface area contributed by atoms with E-state index in [1.165, 1.54) is 0 Å². The van der Waals surface area contributed by atoms with E-state index in [9.17, 15) is 5.11 Å². The van der Waals surface area contributed by atoms with Crippen molar-refractivity contribution in [3.63, 3.8) is 0 Å². The molecule has 0 saturated carbocycles. The highest BCUT2D eigenvalue weighted by Crippen LogP contribution is 2.22. The molecule has 1 aromatic carbocycles. The first-order valence-electron chi connectivity index (χ1n) is 6.15. The molecule has 1 unspecified atom stereocenters. The highest BCUT2D eigenvalue weighted by molar-refractivity contribution is 5.55.